The quantitative estimate of drug-likeness (QED) is 0.110. The number of nitrogens with two attached hydrogens (primary N) is 2. The second-order valence-electron chi connectivity index (χ2n) is 9.89. The van der Waals surface area contributed by atoms with Gasteiger partial charge >= 0.3 is 7.60 Å². The maximum Gasteiger partial charge on any atom is 0.339 e. The Labute approximate surface area is 233 Å². The lowest BCUT2D eigenvalue weighted by molar-refractivity contribution is -0.0736. The minimum atomic E-state index is -5.06. The van der Waals surface area contributed by atoms with E-state index >= 15 is 4.39 Å². The van der Waals surface area contributed by atoms with Crippen LogP contribution in [-0.2, 0) is 18.6 Å². The van der Waals surface area contributed by atoms with Crippen LogP contribution >= 0.6 is 7.60 Å². The Morgan fingerprint density at radius 2 is 1.79 bits per heavy atom. The summed E-state index contributed by atoms with van der Waals surface area (Å²) in [5.41, 5.74) is 8.84. The number of alkyl halides is 1. The zero-order valence-corrected chi connectivity index (χ0v) is 22.5. The number of aliphatic hydroxyl groups excluding tert-OH is 3. The van der Waals surface area contributed by atoms with Crippen LogP contribution in [0, 0.1) is 0 Å². The van der Waals surface area contributed by atoms with Crippen molar-refractivity contribution in [2.24, 2.45) is 0 Å². The molecule has 0 amide bonds. The first-order valence-electron chi connectivity index (χ1n) is 12.5. The van der Waals surface area contributed by atoms with Gasteiger partial charge in [0.25, 0.3) is 5.56 Å². The molecule has 0 saturated carbocycles. The first-order chi connectivity index (χ1) is 19.9. The molecule has 0 radical (unpaired) electrons. The highest BCUT2D eigenvalue weighted by Crippen LogP contribution is 2.59. The molecule has 9 N–H and O–H groups in total. The number of hydrogen-bond acceptors (Lipinski definition) is 15. The van der Waals surface area contributed by atoms with E-state index in [1.165, 1.54) is 24.1 Å². The minimum absolute atomic E-state index is 0.0738. The van der Waals surface area contributed by atoms with Crippen molar-refractivity contribution in [3.05, 3.63) is 29.3 Å². The van der Waals surface area contributed by atoms with Crippen LogP contribution in [0.1, 0.15) is 19.4 Å². The van der Waals surface area contributed by atoms with Gasteiger partial charge in [0.15, 0.2) is 35.1 Å². The summed E-state index contributed by atoms with van der Waals surface area (Å²) in [7, 11) is -5.06. The molecular weight excluding hydrogens is 586 g/mol. The van der Waals surface area contributed by atoms with Gasteiger partial charge in [-0.3, -0.25) is 23.5 Å². The van der Waals surface area contributed by atoms with Crippen LogP contribution in [-0.4, -0.2) is 108 Å². The molecule has 226 valence electrons. The summed E-state index contributed by atoms with van der Waals surface area (Å²) in [6.07, 6.45) is -9.11. The molecule has 4 aromatic rings. The molecule has 1 unspecified atom stereocenters. The number of nitrogens with zero attached hydrogens (tertiary/aromatic N) is 7. The number of fused-ring (bicyclic) bond motifs is 2. The highest BCUT2D eigenvalue weighted by Gasteiger charge is 2.57. The molecule has 6 rings (SSSR count). The molecule has 2 aliphatic heterocycles. The average molecular weight is 612 g/mol. The van der Waals surface area contributed by atoms with Crippen LogP contribution in [0.25, 0.3) is 22.3 Å². The number of H-pyrrole nitrogens is 1. The summed E-state index contributed by atoms with van der Waals surface area (Å²) < 4.78 is 48.4. The van der Waals surface area contributed by atoms with E-state index in [2.05, 4.69) is 29.9 Å². The lowest BCUT2D eigenvalue weighted by Crippen LogP contribution is -2.39. The summed E-state index contributed by atoms with van der Waals surface area (Å²) in [4.78, 5) is 45.5. The molecule has 2 saturated heterocycles. The fraction of sp³-hybridized carbons (Fsp3) is 0.524. The molecule has 2 fully saturated rings. The standard InChI is InChI=1S/C21H26FN10O9P/c1-6(13-11(34)12(35)19(40-13)31-4-27-9-15(23)25-3-26-16(9)31)41-42(37,38)14-8(22)7(2-33)39-20(14)32-5-28-10-17(32)29-21(24)30-18(10)36/h3-8,11-14,19-20,33-35H,2H2,1H3,(H,37,38)(H2,23,25,26)(H3,24,29,30,36)/t6-,7+,8+,11-,12+,13+,14+,19+,20+/m0/s1. The molecule has 21 heteroatoms. The zero-order valence-electron chi connectivity index (χ0n) is 21.6. The molecule has 0 spiro atoms. The Bertz CT molecular complexity index is 1750. The number of aromatic amines is 1. The Morgan fingerprint density at radius 3 is 2.50 bits per heavy atom. The average Bonchev–Trinajstić information content (AvgIpc) is 3.68. The monoisotopic (exact) mass is 612 g/mol. The smallest absolute Gasteiger partial charge is 0.339 e. The lowest BCUT2D eigenvalue weighted by Gasteiger charge is -2.29. The Kier molecular flexibility index (Phi) is 6.97. The third kappa shape index (κ3) is 4.43. The van der Waals surface area contributed by atoms with E-state index in [-0.39, 0.29) is 34.1 Å². The summed E-state index contributed by atoms with van der Waals surface area (Å²) in [5.74, 6) is -0.221. The summed E-state index contributed by atoms with van der Waals surface area (Å²) >= 11 is 0. The maximum absolute atomic E-state index is 15.5. The van der Waals surface area contributed by atoms with E-state index in [4.69, 9.17) is 25.5 Å². The van der Waals surface area contributed by atoms with Crippen molar-refractivity contribution >= 4 is 41.7 Å². The number of anilines is 2. The third-order valence-corrected chi connectivity index (χ3v) is 9.21. The van der Waals surface area contributed by atoms with Gasteiger partial charge in [0.2, 0.25) is 5.95 Å². The molecular formula is C21H26FN10O9P. The normalized spacial score (nSPS) is 32.0. The van der Waals surface area contributed by atoms with Gasteiger partial charge < -0.3 is 45.7 Å². The van der Waals surface area contributed by atoms with E-state index in [0.29, 0.717) is 0 Å². The Morgan fingerprint density at radius 1 is 1.10 bits per heavy atom. The third-order valence-electron chi connectivity index (χ3n) is 7.29. The lowest BCUT2D eigenvalue weighted by atomic mass is 10.1. The first-order valence-corrected chi connectivity index (χ1v) is 14.2. The highest BCUT2D eigenvalue weighted by molar-refractivity contribution is 7.53. The van der Waals surface area contributed by atoms with Crippen molar-refractivity contribution < 1.29 is 43.2 Å². The number of imidazole rings is 2. The zero-order chi connectivity index (χ0) is 30.1. The van der Waals surface area contributed by atoms with Crippen LogP contribution in [0.3, 0.4) is 0 Å². The van der Waals surface area contributed by atoms with Gasteiger partial charge in [-0.2, -0.15) is 4.98 Å². The fourth-order valence-corrected chi connectivity index (χ4v) is 7.11. The van der Waals surface area contributed by atoms with Crippen molar-refractivity contribution in [3.8, 4) is 0 Å². The van der Waals surface area contributed by atoms with Crippen LogP contribution in [0.2, 0.25) is 0 Å². The van der Waals surface area contributed by atoms with Gasteiger partial charge in [-0.1, -0.05) is 0 Å². The first kappa shape index (κ1) is 28.5. The van der Waals surface area contributed by atoms with Gasteiger partial charge in [-0.25, -0.2) is 24.3 Å². The van der Waals surface area contributed by atoms with Crippen LogP contribution in [0.15, 0.2) is 23.8 Å². The minimum Gasteiger partial charge on any atom is -0.394 e. The van der Waals surface area contributed by atoms with Crippen molar-refractivity contribution in [3.63, 3.8) is 0 Å². The van der Waals surface area contributed by atoms with E-state index < -0.39 is 74.6 Å². The van der Waals surface area contributed by atoms with Gasteiger partial charge in [-0.05, 0) is 6.92 Å². The number of aromatic nitrogens is 8. The van der Waals surface area contributed by atoms with Crippen molar-refractivity contribution in [1.29, 1.82) is 0 Å². The largest absolute Gasteiger partial charge is 0.394 e. The maximum atomic E-state index is 15.5. The molecule has 0 aromatic carbocycles. The predicted molar refractivity (Wildman–Crippen MR) is 138 cm³/mol. The Hall–Kier alpha value is -3.62. The fourth-order valence-electron chi connectivity index (χ4n) is 5.28. The molecule has 6 heterocycles. The van der Waals surface area contributed by atoms with E-state index in [9.17, 15) is 29.6 Å². The van der Waals surface area contributed by atoms with Crippen molar-refractivity contribution in [2.75, 3.05) is 18.1 Å². The molecule has 4 aromatic heterocycles. The second kappa shape index (κ2) is 10.3. The predicted octanol–water partition coefficient (Wildman–Crippen LogP) is -2.07. The molecule has 10 atom stereocenters. The molecule has 0 aliphatic carbocycles. The number of nitrogens with one attached hydrogen (secondary N) is 1. The number of nitrogen functional groups attached to an aromatic ring is 2. The number of halogens is 1. The number of hydrogen-bond donors (Lipinski definition) is 7. The van der Waals surface area contributed by atoms with Gasteiger partial charge in [0, 0.05) is 0 Å². The summed E-state index contributed by atoms with van der Waals surface area (Å²) in [6, 6.07) is 0. The number of ether oxygens (including phenoxy) is 2. The second-order valence-corrected chi connectivity index (χ2v) is 11.8. The van der Waals surface area contributed by atoms with Gasteiger partial charge in [0.05, 0.1) is 25.4 Å². The van der Waals surface area contributed by atoms with Gasteiger partial charge in [-0.15, -0.1) is 0 Å². The number of rotatable bonds is 7. The molecule has 2 aliphatic rings. The van der Waals surface area contributed by atoms with Crippen molar-refractivity contribution in [1.82, 2.24) is 39.0 Å². The SMILES string of the molecule is C[C@H](OP(=O)(O)[C@@H]1[C@H](F)[C@@H](CO)O[C@H]1n1cnc2c(=O)[nH]c(N)nc21)[C@H]1O[C@@H](n2cnc3c(N)ncnc32)[C@H](O)[C@@H]1O. The van der Waals surface area contributed by atoms with E-state index in [1.807, 2.05) is 0 Å². The molecule has 42 heavy (non-hydrogen) atoms. The topological polar surface area (TPSA) is 285 Å². The van der Waals surface area contributed by atoms with Gasteiger partial charge in [0.1, 0.15) is 48.1 Å². The van der Waals surface area contributed by atoms with E-state index in [1.54, 1.807) is 0 Å². The summed E-state index contributed by atoms with van der Waals surface area (Å²) in [6.45, 7) is 0.436. The van der Waals surface area contributed by atoms with Crippen LogP contribution in [0.5, 0.6) is 0 Å². The highest BCUT2D eigenvalue weighted by atomic mass is 31.2. The molecule has 0 bridgehead atoms. The summed E-state index contributed by atoms with van der Waals surface area (Å²) in [5, 5.41) is 31.2. The van der Waals surface area contributed by atoms with Crippen LogP contribution in [0.4, 0.5) is 16.2 Å². The number of aliphatic hydroxyl groups is 3. The van der Waals surface area contributed by atoms with Crippen molar-refractivity contribution in [2.45, 2.75) is 61.7 Å². The molecule has 19 nitrogen and oxygen atoms in total. The van der Waals surface area contributed by atoms with Crippen LogP contribution < -0.4 is 17.0 Å². The van der Waals surface area contributed by atoms with E-state index in [0.717, 1.165) is 10.9 Å². The Balaban J connectivity index is 1.28.